The number of fused-ring (bicyclic) bond motifs is 2. The SMILES string of the molecule is Cc1cn2c(NCc3c(F)ccc4c3CCO4)ncc(-c3cn[nH]c3C)c2n1. The van der Waals surface area contributed by atoms with Crippen molar-refractivity contribution in [2.45, 2.75) is 26.8 Å². The Morgan fingerprint density at radius 3 is 2.96 bits per heavy atom. The van der Waals surface area contributed by atoms with Gasteiger partial charge in [-0.05, 0) is 26.0 Å². The summed E-state index contributed by atoms with van der Waals surface area (Å²) in [5, 5.41) is 10.3. The van der Waals surface area contributed by atoms with Gasteiger partial charge in [-0.15, -0.1) is 0 Å². The van der Waals surface area contributed by atoms with E-state index < -0.39 is 0 Å². The Bertz CT molecular complexity index is 1200. The third kappa shape index (κ3) is 2.60. The van der Waals surface area contributed by atoms with Gasteiger partial charge < -0.3 is 10.1 Å². The van der Waals surface area contributed by atoms with E-state index in [1.807, 2.05) is 24.4 Å². The third-order valence-corrected chi connectivity index (χ3v) is 5.10. The number of hydrogen-bond donors (Lipinski definition) is 2. The van der Waals surface area contributed by atoms with E-state index in [1.165, 1.54) is 6.07 Å². The summed E-state index contributed by atoms with van der Waals surface area (Å²) in [6.07, 6.45) is 6.18. The van der Waals surface area contributed by atoms with Crippen molar-refractivity contribution in [2.75, 3.05) is 11.9 Å². The predicted molar refractivity (Wildman–Crippen MR) is 103 cm³/mol. The van der Waals surface area contributed by atoms with Crippen LogP contribution in [0.5, 0.6) is 5.75 Å². The molecule has 1 aliphatic heterocycles. The zero-order chi connectivity index (χ0) is 19.3. The van der Waals surface area contributed by atoms with Gasteiger partial charge in [0, 0.05) is 53.3 Å². The summed E-state index contributed by atoms with van der Waals surface area (Å²) in [6, 6.07) is 3.15. The van der Waals surface area contributed by atoms with Gasteiger partial charge in [0.2, 0.25) is 5.95 Å². The highest BCUT2D eigenvalue weighted by atomic mass is 19.1. The van der Waals surface area contributed by atoms with Gasteiger partial charge in [-0.3, -0.25) is 9.50 Å². The molecule has 0 amide bonds. The molecule has 0 unspecified atom stereocenters. The number of nitrogens with zero attached hydrogens (tertiary/aromatic N) is 4. The normalized spacial score (nSPS) is 13.0. The quantitative estimate of drug-likeness (QED) is 0.569. The van der Waals surface area contributed by atoms with E-state index in [0.717, 1.165) is 45.9 Å². The molecule has 0 radical (unpaired) electrons. The Kier molecular flexibility index (Phi) is 3.78. The Morgan fingerprint density at radius 1 is 1.25 bits per heavy atom. The van der Waals surface area contributed by atoms with Gasteiger partial charge in [0.25, 0.3) is 0 Å². The molecule has 4 heterocycles. The molecule has 28 heavy (non-hydrogen) atoms. The van der Waals surface area contributed by atoms with Crippen molar-refractivity contribution in [1.82, 2.24) is 24.6 Å². The molecule has 4 aromatic rings. The topological polar surface area (TPSA) is 80.1 Å². The number of nitrogens with one attached hydrogen (secondary N) is 2. The first kappa shape index (κ1) is 16.7. The number of benzene rings is 1. The zero-order valence-electron chi connectivity index (χ0n) is 15.6. The van der Waals surface area contributed by atoms with Gasteiger partial charge in [0.05, 0.1) is 18.5 Å². The standard InChI is InChI=1S/C20H19FN6O/c1-11-10-27-19(25-11)16(14-9-24-26-12(14)2)8-23-20(27)22-7-15-13-5-6-28-18(13)4-3-17(15)21/h3-4,8-10H,5-7H2,1-2H3,(H,22,23)(H,24,26). The summed E-state index contributed by atoms with van der Waals surface area (Å²) in [5.41, 5.74) is 6.00. The van der Waals surface area contributed by atoms with Crippen molar-refractivity contribution < 1.29 is 9.13 Å². The summed E-state index contributed by atoms with van der Waals surface area (Å²) in [4.78, 5) is 9.22. The molecule has 0 atom stereocenters. The number of aromatic nitrogens is 5. The number of aromatic amines is 1. The molecule has 7 nitrogen and oxygen atoms in total. The van der Waals surface area contributed by atoms with E-state index in [0.29, 0.717) is 24.7 Å². The van der Waals surface area contributed by atoms with Crippen LogP contribution in [0.15, 0.2) is 30.7 Å². The summed E-state index contributed by atoms with van der Waals surface area (Å²) < 4.78 is 21.9. The Hall–Kier alpha value is -3.42. The molecule has 2 N–H and O–H groups in total. The fraction of sp³-hybridized carbons (Fsp3) is 0.250. The highest BCUT2D eigenvalue weighted by Gasteiger charge is 2.20. The van der Waals surface area contributed by atoms with Crippen LogP contribution in [0.25, 0.3) is 16.8 Å². The lowest BCUT2D eigenvalue weighted by atomic mass is 10.0. The second-order valence-corrected chi connectivity index (χ2v) is 6.93. The largest absolute Gasteiger partial charge is 0.493 e. The fourth-order valence-electron chi connectivity index (χ4n) is 3.71. The fourth-order valence-corrected chi connectivity index (χ4v) is 3.71. The van der Waals surface area contributed by atoms with Gasteiger partial charge in [0.15, 0.2) is 0 Å². The van der Waals surface area contributed by atoms with Crippen LogP contribution < -0.4 is 10.1 Å². The minimum Gasteiger partial charge on any atom is -0.493 e. The first-order valence-corrected chi connectivity index (χ1v) is 9.14. The van der Waals surface area contributed by atoms with Crippen LogP contribution in [0.2, 0.25) is 0 Å². The van der Waals surface area contributed by atoms with Crippen molar-refractivity contribution in [3.63, 3.8) is 0 Å². The molecule has 3 aromatic heterocycles. The average molecular weight is 378 g/mol. The summed E-state index contributed by atoms with van der Waals surface area (Å²) in [5.74, 6) is 1.14. The molecule has 1 aromatic carbocycles. The van der Waals surface area contributed by atoms with Crippen LogP contribution in [0, 0.1) is 19.7 Å². The molecule has 1 aliphatic rings. The summed E-state index contributed by atoms with van der Waals surface area (Å²) in [7, 11) is 0. The lowest BCUT2D eigenvalue weighted by Crippen LogP contribution is -2.09. The van der Waals surface area contributed by atoms with Crippen LogP contribution in [-0.4, -0.2) is 31.2 Å². The number of H-pyrrole nitrogens is 1. The molecular formula is C20H19FN6O. The van der Waals surface area contributed by atoms with Crippen LogP contribution in [-0.2, 0) is 13.0 Å². The van der Waals surface area contributed by atoms with Gasteiger partial charge in [-0.25, -0.2) is 14.4 Å². The molecule has 0 bridgehead atoms. The van der Waals surface area contributed by atoms with E-state index in [4.69, 9.17) is 4.74 Å². The molecule has 0 fully saturated rings. The summed E-state index contributed by atoms with van der Waals surface area (Å²) in [6.45, 7) is 4.81. The van der Waals surface area contributed by atoms with E-state index in [1.54, 1.807) is 18.5 Å². The van der Waals surface area contributed by atoms with Crippen LogP contribution in [0.3, 0.4) is 0 Å². The molecule has 0 saturated heterocycles. The highest BCUT2D eigenvalue weighted by molar-refractivity contribution is 5.79. The molecule has 8 heteroatoms. The first-order chi connectivity index (χ1) is 13.6. The number of anilines is 1. The van der Waals surface area contributed by atoms with Crippen LogP contribution >= 0.6 is 0 Å². The van der Waals surface area contributed by atoms with Crippen molar-refractivity contribution >= 4 is 11.6 Å². The number of ether oxygens (including phenoxy) is 1. The second-order valence-electron chi connectivity index (χ2n) is 6.93. The lowest BCUT2D eigenvalue weighted by molar-refractivity contribution is 0.356. The molecule has 142 valence electrons. The van der Waals surface area contributed by atoms with Crippen molar-refractivity contribution in [3.8, 4) is 16.9 Å². The molecular weight excluding hydrogens is 359 g/mol. The van der Waals surface area contributed by atoms with Crippen molar-refractivity contribution in [2.24, 2.45) is 0 Å². The number of halogens is 1. The smallest absolute Gasteiger partial charge is 0.208 e. The van der Waals surface area contributed by atoms with E-state index in [2.05, 4.69) is 25.5 Å². The maximum absolute atomic E-state index is 14.4. The molecule has 0 aliphatic carbocycles. The summed E-state index contributed by atoms with van der Waals surface area (Å²) >= 11 is 0. The van der Waals surface area contributed by atoms with E-state index in [9.17, 15) is 4.39 Å². The molecule has 0 spiro atoms. The van der Waals surface area contributed by atoms with Gasteiger partial charge >= 0.3 is 0 Å². The van der Waals surface area contributed by atoms with Crippen LogP contribution in [0.1, 0.15) is 22.5 Å². The minimum atomic E-state index is -0.236. The van der Waals surface area contributed by atoms with Crippen molar-refractivity contribution in [1.29, 1.82) is 0 Å². The monoisotopic (exact) mass is 378 g/mol. The Morgan fingerprint density at radius 2 is 2.14 bits per heavy atom. The Labute approximate surface area is 160 Å². The number of hydrogen-bond acceptors (Lipinski definition) is 5. The van der Waals surface area contributed by atoms with Gasteiger partial charge in [-0.2, -0.15) is 5.10 Å². The van der Waals surface area contributed by atoms with Crippen molar-refractivity contribution in [3.05, 3.63) is 59.1 Å². The molecule has 5 rings (SSSR count). The van der Waals surface area contributed by atoms with Crippen LogP contribution in [0.4, 0.5) is 10.3 Å². The maximum atomic E-state index is 14.4. The first-order valence-electron chi connectivity index (χ1n) is 9.14. The lowest BCUT2D eigenvalue weighted by Gasteiger charge is -2.13. The van der Waals surface area contributed by atoms with E-state index >= 15 is 0 Å². The maximum Gasteiger partial charge on any atom is 0.208 e. The number of rotatable bonds is 4. The average Bonchev–Trinajstić information content (AvgIpc) is 3.40. The van der Waals surface area contributed by atoms with E-state index in [-0.39, 0.29) is 5.82 Å². The highest BCUT2D eigenvalue weighted by Crippen LogP contribution is 2.31. The minimum absolute atomic E-state index is 0.236. The van der Waals surface area contributed by atoms with Gasteiger partial charge in [0.1, 0.15) is 17.2 Å². The third-order valence-electron chi connectivity index (χ3n) is 5.10. The number of aryl methyl sites for hydroxylation is 2. The Balaban J connectivity index is 1.53. The number of imidazole rings is 1. The zero-order valence-corrected chi connectivity index (χ0v) is 15.6. The van der Waals surface area contributed by atoms with Gasteiger partial charge in [-0.1, -0.05) is 0 Å². The molecule has 0 saturated carbocycles. The predicted octanol–water partition coefficient (Wildman–Crippen LogP) is 3.42. The second kappa shape index (κ2) is 6.33.